The van der Waals surface area contributed by atoms with Crippen molar-refractivity contribution in [3.8, 4) is 0 Å². The highest BCUT2D eigenvalue weighted by atomic mass is 16.1. The lowest BCUT2D eigenvalue weighted by molar-refractivity contribution is -0.116. The fourth-order valence-electron chi connectivity index (χ4n) is 1.46. The Morgan fingerprint density at radius 3 is 2.75 bits per heavy atom. The molecule has 0 aliphatic rings. The maximum Gasteiger partial charge on any atom is 0.236 e. The van der Waals surface area contributed by atoms with Gasteiger partial charge in [-0.2, -0.15) is 0 Å². The quantitative estimate of drug-likeness (QED) is 0.717. The van der Waals surface area contributed by atoms with E-state index in [2.05, 4.69) is 10.3 Å². The molecule has 0 radical (unpaired) electrons. The fraction of sp³-hybridized carbons (Fsp3) is 0.455. The predicted octanol–water partition coefficient (Wildman–Crippen LogP) is 0.113. The van der Waals surface area contributed by atoms with Crippen molar-refractivity contribution in [1.29, 1.82) is 0 Å². The SMILES string of the molecule is CCN(CC(N)=O)c1ccc(CNC)cn1. The standard InChI is InChI=1S/C11H18N4O/c1-3-15(8-10(12)16)11-5-4-9(6-13-2)7-14-11/h4-5,7,13H,3,6,8H2,1-2H3,(H2,12,16). The Labute approximate surface area is 95.7 Å². The number of carbonyl (C=O) groups excluding carboxylic acids is 1. The molecule has 0 saturated heterocycles. The summed E-state index contributed by atoms with van der Waals surface area (Å²) in [5, 5.41) is 3.05. The number of nitrogens with two attached hydrogens (primary N) is 1. The first-order valence-corrected chi connectivity index (χ1v) is 5.30. The Morgan fingerprint density at radius 1 is 1.56 bits per heavy atom. The molecule has 0 unspecified atom stereocenters. The lowest BCUT2D eigenvalue weighted by Crippen LogP contribution is -2.34. The van der Waals surface area contributed by atoms with Gasteiger partial charge in [0.05, 0.1) is 6.54 Å². The van der Waals surface area contributed by atoms with Crippen LogP contribution in [-0.4, -0.2) is 31.0 Å². The number of anilines is 1. The average molecular weight is 222 g/mol. The van der Waals surface area contributed by atoms with Crippen molar-refractivity contribution in [2.24, 2.45) is 5.73 Å². The van der Waals surface area contributed by atoms with Crippen LogP contribution in [0.4, 0.5) is 5.82 Å². The second-order valence-corrected chi connectivity index (χ2v) is 3.54. The Kier molecular flexibility index (Phi) is 4.72. The van der Waals surface area contributed by atoms with Gasteiger partial charge < -0.3 is 16.0 Å². The molecule has 0 aliphatic heterocycles. The van der Waals surface area contributed by atoms with E-state index in [0.29, 0.717) is 6.54 Å². The van der Waals surface area contributed by atoms with Crippen LogP contribution in [0.1, 0.15) is 12.5 Å². The van der Waals surface area contributed by atoms with Gasteiger partial charge in [-0.15, -0.1) is 0 Å². The van der Waals surface area contributed by atoms with E-state index < -0.39 is 0 Å². The summed E-state index contributed by atoms with van der Waals surface area (Å²) in [5.41, 5.74) is 6.28. The number of amides is 1. The number of nitrogens with zero attached hydrogens (tertiary/aromatic N) is 2. The predicted molar refractivity (Wildman–Crippen MR) is 64.1 cm³/mol. The summed E-state index contributed by atoms with van der Waals surface area (Å²) in [6, 6.07) is 3.89. The molecular weight excluding hydrogens is 204 g/mol. The molecule has 0 fully saturated rings. The third kappa shape index (κ3) is 3.51. The third-order valence-electron chi connectivity index (χ3n) is 2.24. The molecule has 0 bridgehead atoms. The zero-order valence-electron chi connectivity index (χ0n) is 9.73. The molecule has 0 spiro atoms. The van der Waals surface area contributed by atoms with Crippen molar-refractivity contribution in [1.82, 2.24) is 10.3 Å². The minimum Gasteiger partial charge on any atom is -0.368 e. The highest BCUT2D eigenvalue weighted by molar-refractivity contribution is 5.79. The number of likely N-dealkylation sites (N-methyl/N-ethyl adjacent to an activating group) is 1. The summed E-state index contributed by atoms with van der Waals surface area (Å²) in [4.78, 5) is 17.0. The van der Waals surface area contributed by atoms with Gasteiger partial charge in [0.1, 0.15) is 5.82 Å². The van der Waals surface area contributed by atoms with E-state index in [9.17, 15) is 4.79 Å². The topological polar surface area (TPSA) is 71.2 Å². The Morgan fingerprint density at radius 2 is 2.31 bits per heavy atom. The molecule has 16 heavy (non-hydrogen) atoms. The molecule has 0 atom stereocenters. The second-order valence-electron chi connectivity index (χ2n) is 3.54. The van der Waals surface area contributed by atoms with Gasteiger partial charge in [0.25, 0.3) is 0 Å². The molecule has 1 aromatic heterocycles. The number of carbonyl (C=O) groups is 1. The molecule has 1 heterocycles. The van der Waals surface area contributed by atoms with Gasteiger partial charge in [-0.3, -0.25) is 4.79 Å². The van der Waals surface area contributed by atoms with Gasteiger partial charge in [0.2, 0.25) is 5.91 Å². The number of rotatable bonds is 6. The molecule has 1 amide bonds. The summed E-state index contributed by atoms with van der Waals surface area (Å²) in [6.07, 6.45) is 1.80. The van der Waals surface area contributed by atoms with Crippen LogP contribution in [0.15, 0.2) is 18.3 Å². The molecule has 0 aliphatic carbocycles. The third-order valence-corrected chi connectivity index (χ3v) is 2.24. The van der Waals surface area contributed by atoms with Crippen LogP contribution in [0.5, 0.6) is 0 Å². The Hall–Kier alpha value is -1.62. The van der Waals surface area contributed by atoms with E-state index in [1.165, 1.54) is 0 Å². The van der Waals surface area contributed by atoms with Gasteiger partial charge in [-0.1, -0.05) is 6.07 Å². The number of hydrogen-bond donors (Lipinski definition) is 2. The number of aromatic nitrogens is 1. The van der Waals surface area contributed by atoms with E-state index >= 15 is 0 Å². The molecule has 5 heteroatoms. The minimum atomic E-state index is -0.344. The van der Waals surface area contributed by atoms with E-state index in [0.717, 1.165) is 17.9 Å². The van der Waals surface area contributed by atoms with Gasteiger partial charge in [0, 0.05) is 19.3 Å². The van der Waals surface area contributed by atoms with E-state index in [-0.39, 0.29) is 12.5 Å². The number of primary amides is 1. The summed E-state index contributed by atoms with van der Waals surface area (Å²) in [7, 11) is 1.89. The molecule has 5 nitrogen and oxygen atoms in total. The highest BCUT2D eigenvalue weighted by Crippen LogP contribution is 2.10. The van der Waals surface area contributed by atoms with Crippen molar-refractivity contribution in [3.05, 3.63) is 23.9 Å². The smallest absolute Gasteiger partial charge is 0.236 e. The zero-order chi connectivity index (χ0) is 12.0. The maximum absolute atomic E-state index is 10.9. The Balaban J connectivity index is 2.73. The van der Waals surface area contributed by atoms with Crippen LogP contribution in [0.25, 0.3) is 0 Å². The largest absolute Gasteiger partial charge is 0.368 e. The molecular formula is C11H18N4O. The lowest BCUT2D eigenvalue weighted by atomic mass is 10.2. The first kappa shape index (κ1) is 12.4. The summed E-state index contributed by atoms with van der Waals surface area (Å²) >= 11 is 0. The Bertz CT molecular complexity index is 336. The van der Waals surface area contributed by atoms with E-state index in [1.807, 2.05) is 31.0 Å². The second kappa shape index (κ2) is 6.07. The minimum absolute atomic E-state index is 0.203. The van der Waals surface area contributed by atoms with Crippen molar-refractivity contribution in [2.75, 3.05) is 25.0 Å². The van der Waals surface area contributed by atoms with Crippen LogP contribution in [0, 0.1) is 0 Å². The maximum atomic E-state index is 10.9. The molecule has 0 saturated carbocycles. The monoisotopic (exact) mass is 222 g/mol. The molecule has 0 aromatic carbocycles. The molecule has 1 rings (SSSR count). The highest BCUT2D eigenvalue weighted by Gasteiger charge is 2.08. The van der Waals surface area contributed by atoms with E-state index in [1.54, 1.807) is 6.20 Å². The number of hydrogen-bond acceptors (Lipinski definition) is 4. The van der Waals surface area contributed by atoms with Crippen LogP contribution in [0.3, 0.4) is 0 Å². The van der Waals surface area contributed by atoms with Gasteiger partial charge in [0.15, 0.2) is 0 Å². The normalized spacial score (nSPS) is 10.1. The zero-order valence-corrected chi connectivity index (χ0v) is 9.73. The number of nitrogens with one attached hydrogen (secondary N) is 1. The number of pyridine rings is 1. The molecule has 3 N–H and O–H groups in total. The summed E-state index contributed by atoms with van der Waals surface area (Å²) in [6.45, 7) is 3.66. The van der Waals surface area contributed by atoms with E-state index in [4.69, 9.17) is 5.73 Å². The van der Waals surface area contributed by atoms with Crippen LogP contribution >= 0.6 is 0 Å². The van der Waals surface area contributed by atoms with Crippen LogP contribution in [-0.2, 0) is 11.3 Å². The van der Waals surface area contributed by atoms with Crippen molar-refractivity contribution < 1.29 is 4.79 Å². The van der Waals surface area contributed by atoms with Crippen molar-refractivity contribution in [3.63, 3.8) is 0 Å². The summed E-state index contributed by atoms with van der Waals surface area (Å²) in [5.74, 6) is 0.434. The van der Waals surface area contributed by atoms with Crippen LogP contribution in [0.2, 0.25) is 0 Å². The lowest BCUT2D eigenvalue weighted by Gasteiger charge is -2.20. The molecule has 88 valence electrons. The molecule has 1 aromatic rings. The van der Waals surface area contributed by atoms with Crippen molar-refractivity contribution in [2.45, 2.75) is 13.5 Å². The average Bonchev–Trinajstić information content (AvgIpc) is 2.27. The van der Waals surface area contributed by atoms with Gasteiger partial charge in [-0.25, -0.2) is 4.98 Å². The van der Waals surface area contributed by atoms with Crippen LogP contribution < -0.4 is 16.0 Å². The van der Waals surface area contributed by atoms with Crippen molar-refractivity contribution >= 4 is 11.7 Å². The van der Waals surface area contributed by atoms with Gasteiger partial charge >= 0.3 is 0 Å². The first-order valence-electron chi connectivity index (χ1n) is 5.30. The summed E-state index contributed by atoms with van der Waals surface area (Å²) < 4.78 is 0. The first-order chi connectivity index (χ1) is 7.67. The fourth-order valence-corrected chi connectivity index (χ4v) is 1.46. The van der Waals surface area contributed by atoms with Gasteiger partial charge in [-0.05, 0) is 25.6 Å².